The highest BCUT2D eigenvalue weighted by Gasteiger charge is 2.16. The second-order valence-corrected chi connectivity index (χ2v) is 5.36. The minimum Gasteiger partial charge on any atom is -0.384 e. The molecule has 0 radical (unpaired) electrons. The van der Waals surface area contributed by atoms with E-state index in [1.165, 1.54) is 11.1 Å². The van der Waals surface area contributed by atoms with Crippen LogP contribution in [0, 0.1) is 0 Å². The first kappa shape index (κ1) is 13.7. The molecule has 3 rings (SSSR count). The van der Waals surface area contributed by atoms with Crippen LogP contribution < -0.4 is 10.6 Å². The number of anilines is 1. The van der Waals surface area contributed by atoms with Crippen molar-refractivity contribution in [3.05, 3.63) is 65.2 Å². The minimum absolute atomic E-state index is 0.0113. The molecule has 21 heavy (non-hydrogen) atoms. The van der Waals surface area contributed by atoms with Crippen LogP contribution in [0.3, 0.4) is 0 Å². The summed E-state index contributed by atoms with van der Waals surface area (Å²) in [6.45, 7) is 1.60. The molecular formula is C18H20N2O. The van der Waals surface area contributed by atoms with Gasteiger partial charge in [0.1, 0.15) is 0 Å². The smallest absolute Gasteiger partial charge is 0.253 e. The van der Waals surface area contributed by atoms with Gasteiger partial charge in [0.15, 0.2) is 0 Å². The Morgan fingerprint density at radius 2 is 1.95 bits per heavy atom. The Hall–Kier alpha value is -2.29. The molecule has 108 valence electrons. The lowest BCUT2D eigenvalue weighted by atomic mass is 9.99. The maximum absolute atomic E-state index is 12.4. The largest absolute Gasteiger partial charge is 0.384 e. The van der Waals surface area contributed by atoms with Crippen LogP contribution in [0.25, 0.3) is 0 Å². The highest BCUT2D eigenvalue weighted by molar-refractivity contribution is 6.00. The Kier molecular flexibility index (Phi) is 4.20. The van der Waals surface area contributed by atoms with E-state index in [1.54, 1.807) is 0 Å². The number of nitrogens with one attached hydrogen (secondary N) is 2. The number of amides is 1. The zero-order valence-corrected chi connectivity index (χ0v) is 12.1. The Morgan fingerprint density at radius 1 is 1.10 bits per heavy atom. The molecule has 3 nitrogen and oxygen atoms in total. The zero-order chi connectivity index (χ0) is 14.5. The van der Waals surface area contributed by atoms with Gasteiger partial charge < -0.3 is 10.6 Å². The number of para-hydroxylation sites is 1. The predicted octanol–water partition coefficient (Wildman–Crippen LogP) is 3.02. The highest BCUT2D eigenvalue weighted by atomic mass is 16.1. The van der Waals surface area contributed by atoms with Gasteiger partial charge in [-0.25, -0.2) is 0 Å². The number of fused-ring (bicyclic) bond motifs is 1. The number of carbonyl (C=O) groups excluding carboxylic acids is 1. The number of aryl methyl sites for hydroxylation is 1. The van der Waals surface area contributed by atoms with E-state index in [2.05, 4.69) is 28.8 Å². The van der Waals surface area contributed by atoms with Gasteiger partial charge in [0, 0.05) is 13.1 Å². The molecule has 1 aliphatic heterocycles. The standard InChI is InChI=1S/C18H20N2O/c21-18(20-13-11-14-6-2-1-3-7-14)16-10-4-8-15-9-5-12-19-17(15)16/h1-4,6-8,10,19H,5,9,11-13H2,(H,20,21). The summed E-state index contributed by atoms with van der Waals surface area (Å²) < 4.78 is 0. The molecule has 0 bridgehead atoms. The quantitative estimate of drug-likeness (QED) is 0.904. The van der Waals surface area contributed by atoms with E-state index < -0.39 is 0 Å². The van der Waals surface area contributed by atoms with Crippen molar-refractivity contribution in [3.8, 4) is 0 Å². The lowest BCUT2D eigenvalue weighted by molar-refractivity contribution is 0.0955. The summed E-state index contributed by atoms with van der Waals surface area (Å²) in [6, 6.07) is 16.2. The summed E-state index contributed by atoms with van der Waals surface area (Å²) in [4.78, 5) is 12.4. The normalized spacial score (nSPS) is 13.1. The second-order valence-electron chi connectivity index (χ2n) is 5.36. The van der Waals surface area contributed by atoms with Crippen LogP contribution in [0.2, 0.25) is 0 Å². The fourth-order valence-corrected chi connectivity index (χ4v) is 2.76. The van der Waals surface area contributed by atoms with Gasteiger partial charge in [-0.1, -0.05) is 42.5 Å². The maximum Gasteiger partial charge on any atom is 0.253 e. The summed E-state index contributed by atoms with van der Waals surface area (Å²) in [5.41, 5.74) is 4.27. The fourth-order valence-electron chi connectivity index (χ4n) is 2.76. The molecule has 0 aliphatic carbocycles. The monoisotopic (exact) mass is 280 g/mol. The summed E-state index contributed by atoms with van der Waals surface area (Å²) in [6.07, 6.45) is 3.04. The molecule has 0 unspecified atom stereocenters. The average molecular weight is 280 g/mol. The SMILES string of the molecule is O=C(NCCc1ccccc1)c1cccc2c1NCCC2. The van der Waals surface area contributed by atoms with Gasteiger partial charge in [0.05, 0.1) is 11.3 Å². The molecule has 2 N–H and O–H groups in total. The molecule has 0 saturated heterocycles. The molecule has 1 heterocycles. The van der Waals surface area contributed by atoms with Crippen molar-refractivity contribution in [2.75, 3.05) is 18.4 Å². The lowest BCUT2D eigenvalue weighted by Gasteiger charge is -2.20. The first-order valence-corrected chi connectivity index (χ1v) is 7.52. The number of hydrogen-bond acceptors (Lipinski definition) is 2. The number of hydrogen-bond donors (Lipinski definition) is 2. The molecule has 2 aromatic carbocycles. The maximum atomic E-state index is 12.4. The van der Waals surface area contributed by atoms with Gasteiger partial charge in [0.25, 0.3) is 5.91 Å². The third kappa shape index (κ3) is 3.24. The van der Waals surface area contributed by atoms with Crippen LogP contribution in [0.4, 0.5) is 5.69 Å². The molecule has 0 atom stereocenters. The van der Waals surface area contributed by atoms with Crippen LogP contribution in [0.1, 0.15) is 27.9 Å². The third-order valence-corrected chi connectivity index (χ3v) is 3.86. The first-order valence-electron chi connectivity index (χ1n) is 7.52. The fraction of sp³-hybridized carbons (Fsp3) is 0.278. The molecule has 0 aromatic heterocycles. The summed E-state index contributed by atoms with van der Waals surface area (Å²) in [7, 11) is 0. The minimum atomic E-state index is 0.0113. The average Bonchev–Trinajstić information content (AvgIpc) is 2.55. The molecule has 0 spiro atoms. The van der Waals surface area contributed by atoms with Crippen molar-refractivity contribution in [1.82, 2.24) is 5.32 Å². The zero-order valence-electron chi connectivity index (χ0n) is 12.1. The second kappa shape index (κ2) is 6.44. The third-order valence-electron chi connectivity index (χ3n) is 3.86. The molecule has 3 heteroatoms. The van der Waals surface area contributed by atoms with Crippen molar-refractivity contribution < 1.29 is 4.79 Å². The van der Waals surface area contributed by atoms with Gasteiger partial charge in [-0.15, -0.1) is 0 Å². The van der Waals surface area contributed by atoms with E-state index in [-0.39, 0.29) is 5.91 Å². The van der Waals surface area contributed by atoms with Gasteiger partial charge in [-0.3, -0.25) is 4.79 Å². The van der Waals surface area contributed by atoms with Gasteiger partial charge >= 0.3 is 0 Å². The van der Waals surface area contributed by atoms with E-state index >= 15 is 0 Å². The van der Waals surface area contributed by atoms with E-state index in [9.17, 15) is 4.79 Å². The Balaban J connectivity index is 1.63. The highest BCUT2D eigenvalue weighted by Crippen LogP contribution is 2.25. The Bertz CT molecular complexity index is 622. The predicted molar refractivity (Wildman–Crippen MR) is 85.7 cm³/mol. The van der Waals surface area contributed by atoms with Crippen molar-refractivity contribution >= 4 is 11.6 Å². The first-order chi connectivity index (χ1) is 10.3. The van der Waals surface area contributed by atoms with Crippen molar-refractivity contribution in [1.29, 1.82) is 0 Å². The molecule has 0 saturated carbocycles. The van der Waals surface area contributed by atoms with E-state index in [0.29, 0.717) is 6.54 Å². The summed E-state index contributed by atoms with van der Waals surface area (Å²) in [5.74, 6) is 0.0113. The van der Waals surface area contributed by atoms with Gasteiger partial charge in [0.2, 0.25) is 0 Å². The van der Waals surface area contributed by atoms with Gasteiger partial charge in [-0.05, 0) is 36.5 Å². The van der Waals surface area contributed by atoms with Crippen molar-refractivity contribution in [2.45, 2.75) is 19.3 Å². The molecule has 0 fully saturated rings. The van der Waals surface area contributed by atoms with E-state index in [0.717, 1.165) is 37.1 Å². The molecule has 2 aromatic rings. The lowest BCUT2D eigenvalue weighted by Crippen LogP contribution is -2.27. The van der Waals surface area contributed by atoms with Crippen LogP contribution in [0.15, 0.2) is 48.5 Å². The number of carbonyl (C=O) groups is 1. The van der Waals surface area contributed by atoms with Gasteiger partial charge in [-0.2, -0.15) is 0 Å². The number of rotatable bonds is 4. The Morgan fingerprint density at radius 3 is 2.81 bits per heavy atom. The van der Waals surface area contributed by atoms with E-state index in [4.69, 9.17) is 0 Å². The van der Waals surface area contributed by atoms with Crippen LogP contribution in [-0.2, 0) is 12.8 Å². The van der Waals surface area contributed by atoms with Crippen LogP contribution >= 0.6 is 0 Å². The molecule has 1 amide bonds. The van der Waals surface area contributed by atoms with Crippen LogP contribution in [0.5, 0.6) is 0 Å². The van der Waals surface area contributed by atoms with E-state index in [1.807, 2.05) is 30.3 Å². The molecular weight excluding hydrogens is 260 g/mol. The summed E-state index contributed by atoms with van der Waals surface area (Å²) >= 11 is 0. The van der Waals surface area contributed by atoms with Crippen LogP contribution in [-0.4, -0.2) is 19.0 Å². The number of benzene rings is 2. The Labute approximate surface area is 125 Å². The topological polar surface area (TPSA) is 41.1 Å². The molecule has 1 aliphatic rings. The van der Waals surface area contributed by atoms with Crippen molar-refractivity contribution in [2.24, 2.45) is 0 Å². The summed E-state index contributed by atoms with van der Waals surface area (Å²) in [5, 5.41) is 6.38. The van der Waals surface area contributed by atoms with Crippen molar-refractivity contribution in [3.63, 3.8) is 0 Å².